The van der Waals surface area contributed by atoms with E-state index in [4.69, 9.17) is 23.2 Å². The summed E-state index contributed by atoms with van der Waals surface area (Å²) in [5.41, 5.74) is 1.78. The molecule has 1 atom stereocenters. The van der Waals surface area contributed by atoms with Crippen molar-refractivity contribution >= 4 is 55.6 Å². The van der Waals surface area contributed by atoms with Crippen LogP contribution in [0.5, 0.6) is 0 Å². The number of hydrogen-bond donors (Lipinski definition) is 1. The zero-order valence-electron chi connectivity index (χ0n) is 13.4. The van der Waals surface area contributed by atoms with E-state index in [2.05, 4.69) is 14.6 Å². The van der Waals surface area contributed by atoms with Crippen LogP contribution in [0.1, 0.15) is 12.0 Å². The third kappa shape index (κ3) is 2.85. The fourth-order valence-corrected chi connectivity index (χ4v) is 5.79. The van der Waals surface area contributed by atoms with Gasteiger partial charge in [-0.3, -0.25) is 0 Å². The van der Waals surface area contributed by atoms with E-state index < -0.39 is 10.2 Å². The average Bonchev–Trinajstić information content (AvgIpc) is 3.27. The SMILES string of the molecule is CNS(=O)(=O)N1CCC2(CN(c3ncc(Cl)s3)c3ccc(Cl)cc32)C1. The van der Waals surface area contributed by atoms with E-state index in [0.717, 1.165) is 22.8 Å². The summed E-state index contributed by atoms with van der Waals surface area (Å²) in [6, 6.07) is 5.76. The molecule has 0 saturated carbocycles. The minimum absolute atomic E-state index is 0.303. The van der Waals surface area contributed by atoms with Gasteiger partial charge < -0.3 is 4.90 Å². The predicted molar refractivity (Wildman–Crippen MR) is 101 cm³/mol. The molecule has 2 aromatic rings. The minimum atomic E-state index is -3.45. The second-order valence-electron chi connectivity index (χ2n) is 6.27. The van der Waals surface area contributed by atoms with Gasteiger partial charge in [-0.2, -0.15) is 12.7 Å². The zero-order valence-corrected chi connectivity index (χ0v) is 16.5. The van der Waals surface area contributed by atoms with Crippen LogP contribution in [0.2, 0.25) is 9.36 Å². The van der Waals surface area contributed by atoms with Crippen molar-refractivity contribution in [3.63, 3.8) is 0 Å². The van der Waals surface area contributed by atoms with E-state index in [9.17, 15) is 8.42 Å². The summed E-state index contributed by atoms with van der Waals surface area (Å²) < 4.78 is 29.0. The number of hydrogen-bond acceptors (Lipinski definition) is 5. The van der Waals surface area contributed by atoms with Crippen molar-refractivity contribution in [2.24, 2.45) is 0 Å². The van der Waals surface area contributed by atoms with Crippen LogP contribution in [0.3, 0.4) is 0 Å². The first-order valence-electron chi connectivity index (χ1n) is 7.72. The normalized spacial score (nSPS) is 23.6. The molecule has 3 heterocycles. The Labute approximate surface area is 160 Å². The lowest BCUT2D eigenvalue weighted by atomic mass is 9.82. The summed E-state index contributed by atoms with van der Waals surface area (Å²) in [4.78, 5) is 6.50. The predicted octanol–water partition coefficient (Wildman–Crippen LogP) is 3.01. The lowest BCUT2D eigenvalue weighted by Crippen LogP contribution is -2.41. The van der Waals surface area contributed by atoms with Crippen LogP contribution in [0, 0.1) is 0 Å². The molecule has 6 nitrogen and oxygen atoms in total. The van der Waals surface area contributed by atoms with Crippen LogP contribution < -0.4 is 9.62 Å². The average molecular weight is 419 g/mol. The Hall–Kier alpha value is -0.900. The molecular weight excluding hydrogens is 403 g/mol. The summed E-state index contributed by atoms with van der Waals surface area (Å²) in [5, 5.41) is 1.45. The summed E-state index contributed by atoms with van der Waals surface area (Å²) in [6.07, 6.45) is 2.37. The van der Waals surface area contributed by atoms with Gasteiger partial charge in [0.15, 0.2) is 5.13 Å². The third-order valence-electron chi connectivity index (χ3n) is 4.89. The number of aromatic nitrogens is 1. The van der Waals surface area contributed by atoms with E-state index in [0.29, 0.717) is 29.0 Å². The maximum absolute atomic E-state index is 12.2. The minimum Gasteiger partial charge on any atom is -0.317 e. The first kappa shape index (κ1) is 17.5. The van der Waals surface area contributed by atoms with Crippen LogP contribution in [-0.4, -0.2) is 44.4 Å². The van der Waals surface area contributed by atoms with Gasteiger partial charge in [-0.15, -0.1) is 0 Å². The largest absolute Gasteiger partial charge is 0.317 e. The van der Waals surface area contributed by atoms with Crippen LogP contribution in [0.4, 0.5) is 10.8 Å². The molecule has 1 N–H and O–H groups in total. The van der Waals surface area contributed by atoms with Gasteiger partial charge in [-0.1, -0.05) is 34.5 Å². The molecular formula is C15H16Cl2N4O2S2. The van der Waals surface area contributed by atoms with Gasteiger partial charge in [0.05, 0.1) is 6.20 Å². The lowest BCUT2D eigenvalue weighted by molar-refractivity contribution is 0.430. The summed E-state index contributed by atoms with van der Waals surface area (Å²) >= 11 is 13.7. The van der Waals surface area contributed by atoms with Crippen LogP contribution in [-0.2, 0) is 15.6 Å². The van der Waals surface area contributed by atoms with Gasteiger partial charge in [-0.25, -0.2) is 9.71 Å². The van der Waals surface area contributed by atoms with Crippen LogP contribution >= 0.6 is 34.5 Å². The zero-order chi connectivity index (χ0) is 17.8. The highest BCUT2D eigenvalue weighted by molar-refractivity contribution is 7.87. The highest BCUT2D eigenvalue weighted by Gasteiger charge is 2.50. The van der Waals surface area contributed by atoms with E-state index in [1.807, 2.05) is 18.2 Å². The monoisotopic (exact) mass is 418 g/mol. The molecule has 0 aliphatic carbocycles. The maximum Gasteiger partial charge on any atom is 0.279 e. The molecule has 0 radical (unpaired) electrons. The van der Waals surface area contributed by atoms with Crippen molar-refractivity contribution in [2.75, 3.05) is 31.6 Å². The van der Waals surface area contributed by atoms with E-state index in [-0.39, 0.29) is 5.41 Å². The summed E-state index contributed by atoms with van der Waals surface area (Å²) in [6.45, 7) is 1.54. The molecule has 2 aliphatic heterocycles. The molecule has 1 aromatic carbocycles. The first-order chi connectivity index (χ1) is 11.8. The lowest BCUT2D eigenvalue weighted by Gasteiger charge is -2.25. The Morgan fingerprint density at radius 2 is 2.12 bits per heavy atom. The van der Waals surface area contributed by atoms with Crippen molar-refractivity contribution in [1.29, 1.82) is 0 Å². The van der Waals surface area contributed by atoms with Gasteiger partial charge in [0.1, 0.15) is 4.34 Å². The van der Waals surface area contributed by atoms with Crippen molar-refractivity contribution in [3.05, 3.63) is 39.3 Å². The van der Waals surface area contributed by atoms with E-state index in [1.165, 1.54) is 22.7 Å². The molecule has 1 spiro atoms. The van der Waals surface area contributed by atoms with Crippen molar-refractivity contribution in [1.82, 2.24) is 14.0 Å². The van der Waals surface area contributed by atoms with Gasteiger partial charge in [0.25, 0.3) is 10.2 Å². The molecule has 1 aromatic heterocycles. The Morgan fingerprint density at radius 1 is 1.32 bits per heavy atom. The van der Waals surface area contributed by atoms with Gasteiger partial charge in [0, 0.05) is 42.8 Å². The molecule has 0 amide bonds. The number of halogens is 2. The number of nitrogens with zero attached hydrogens (tertiary/aromatic N) is 3. The molecule has 134 valence electrons. The van der Waals surface area contributed by atoms with Gasteiger partial charge in [0.2, 0.25) is 0 Å². The molecule has 1 saturated heterocycles. The standard InChI is InChI=1S/C15H16Cl2N4O2S2/c1-18-25(22,23)20-5-4-15(8-20)9-21(14-19-7-13(17)24-14)12-3-2-10(16)6-11(12)15/h2-3,6-7,18H,4-5,8-9H2,1H3. The topological polar surface area (TPSA) is 65.5 Å². The highest BCUT2D eigenvalue weighted by atomic mass is 35.5. The third-order valence-corrected chi connectivity index (χ3v) is 7.77. The van der Waals surface area contributed by atoms with Gasteiger partial charge in [-0.05, 0) is 30.2 Å². The van der Waals surface area contributed by atoms with Crippen molar-refractivity contribution < 1.29 is 8.42 Å². The Kier molecular flexibility index (Phi) is 4.25. The van der Waals surface area contributed by atoms with Crippen molar-refractivity contribution in [3.8, 4) is 0 Å². The molecule has 0 bridgehead atoms. The summed E-state index contributed by atoms with van der Waals surface area (Å²) in [7, 11) is -2.02. The number of nitrogens with one attached hydrogen (secondary N) is 1. The maximum atomic E-state index is 12.2. The fourth-order valence-electron chi connectivity index (χ4n) is 3.70. The molecule has 2 aliphatic rings. The number of benzene rings is 1. The number of rotatable bonds is 3. The molecule has 10 heteroatoms. The first-order valence-corrected chi connectivity index (χ1v) is 10.7. The quantitative estimate of drug-likeness (QED) is 0.831. The Bertz CT molecular complexity index is 933. The van der Waals surface area contributed by atoms with Gasteiger partial charge >= 0.3 is 0 Å². The Balaban J connectivity index is 1.77. The molecule has 25 heavy (non-hydrogen) atoms. The second kappa shape index (κ2) is 6.07. The number of anilines is 2. The number of thiazole rings is 1. The van der Waals surface area contributed by atoms with Crippen LogP contribution in [0.25, 0.3) is 0 Å². The summed E-state index contributed by atoms with van der Waals surface area (Å²) in [5.74, 6) is 0. The molecule has 1 fully saturated rings. The smallest absolute Gasteiger partial charge is 0.279 e. The molecule has 1 unspecified atom stereocenters. The number of fused-ring (bicyclic) bond motifs is 2. The van der Waals surface area contributed by atoms with Crippen molar-refractivity contribution in [2.45, 2.75) is 11.8 Å². The second-order valence-corrected chi connectivity index (χ2v) is 10.2. The fraction of sp³-hybridized carbons (Fsp3) is 0.400. The van der Waals surface area contributed by atoms with Crippen LogP contribution in [0.15, 0.2) is 24.4 Å². The van der Waals surface area contributed by atoms with E-state index in [1.54, 1.807) is 6.20 Å². The Morgan fingerprint density at radius 3 is 2.80 bits per heavy atom. The molecule has 4 rings (SSSR count). The highest BCUT2D eigenvalue weighted by Crippen LogP contribution is 2.50. The van der Waals surface area contributed by atoms with E-state index >= 15 is 0 Å².